The molecule has 0 radical (unpaired) electrons. The van der Waals surface area contributed by atoms with E-state index in [0.717, 1.165) is 33.5 Å². The lowest BCUT2D eigenvalue weighted by molar-refractivity contribution is -0.115. The Kier molecular flexibility index (Phi) is 5.08. The van der Waals surface area contributed by atoms with Crippen LogP contribution >= 0.6 is 11.3 Å². The summed E-state index contributed by atoms with van der Waals surface area (Å²) in [6.07, 6.45) is 0.300. The average molecular weight is 388 g/mol. The number of anilines is 1. The van der Waals surface area contributed by atoms with Crippen LogP contribution in [0.25, 0.3) is 22.0 Å². The molecule has 140 valence electrons. The summed E-state index contributed by atoms with van der Waals surface area (Å²) in [5.41, 5.74) is 3.90. The largest absolute Gasteiger partial charge is 0.496 e. The van der Waals surface area contributed by atoms with Gasteiger partial charge in [0.15, 0.2) is 5.13 Å². The van der Waals surface area contributed by atoms with Crippen LogP contribution in [0.3, 0.4) is 0 Å². The van der Waals surface area contributed by atoms with Crippen LogP contribution in [0.5, 0.6) is 5.75 Å². The van der Waals surface area contributed by atoms with Crippen molar-refractivity contribution in [2.45, 2.75) is 13.3 Å². The number of amides is 1. The van der Waals surface area contributed by atoms with Crippen LogP contribution in [0, 0.1) is 6.92 Å². The molecule has 0 bridgehead atoms. The predicted molar refractivity (Wildman–Crippen MR) is 115 cm³/mol. The summed E-state index contributed by atoms with van der Waals surface area (Å²) < 4.78 is 5.27. The summed E-state index contributed by atoms with van der Waals surface area (Å²) in [4.78, 5) is 17.1. The number of carbonyl (C=O) groups excluding carboxylic acids is 1. The number of aromatic nitrogens is 1. The molecule has 5 heteroatoms. The third-order valence-electron chi connectivity index (χ3n) is 4.64. The fourth-order valence-corrected chi connectivity index (χ4v) is 4.03. The minimum Gasteiger partial charge on any atom is -0.496 e. The number of hydrogen-bond donors (Lipinski definition) is 1. The van der Waals surface area contributed by atoms with Crippen molar-refractivity contribution in [2.75, 3.05) is 12.4 Å². The summed E-state index contributed by atoms with van der Waals surface area (Å²) >= 11 is 1.44. The number of aryl methyl sites for hydroxylation is 1. The zero-order chi connectivity index (χ0) is 19.5. The number of methoxy groups -OCH3 is 1. The second kappa shape index (κ2) is 7.82. The molecule has 0 spiro atoms. The first kappa shape index (κ1) is 18.2. The van der Waals surface area contributed by atoms with E-state index in [1.165, 1.54) is 16.7 Å². The minimum atomic E-state index is -0.0802. The number of rotatable bonds is 5. The molecule has 1 aromatic heterocycles. The third-order valence-corrected chi connectivity index (χ3v) is 5.40. The Morgan fingerprint density at radius 1 is 1.11 bits per heavy atom. The lowest BCUT2D eigenvalue weighted by Gasteiger charge is -2.07. The monoisotopic (exact) mass is 388 g/mol. The van der Waals surface area contributed by atoms with Gasteiger partial charge < -0.3 is 10.1 Å². The van der Waals surface area contributed by atoms with Gasteiger partial charge in [-0.05, 0) is 34.9 Å². The van der Waals surface area contributed by atoms with Gasteiger partial charge in [0.1, 0.15) is 5.75 Å². The van der Waals surface area contributed by atoms with Crippen molar-refractivity contribution in [1.29, 1.82) is 0 Å². The van der Waals surface area contributed by atoms with Crippen molar-refractivity contribution in [3.8, 4) is 17.0 Å². The molecule has 4 aromatic rings. The SMILES string of the molecule is COc1ccc(CC(=O)Nc2nc(-c3cccc4ccccc34)cs2)cc1C. The Morgan fingerprint density at radius 3 is 2.75 bits per heavy atom. The van der Waals surface area contributed by atoms with Crippen molar-refractivity contribution in [3.63, 3.8) is 0 Å². The molecule has 0 saturated carbocycles. The van der Waals surface area contributed by atoms with Gasteiger partial charge in [-0.15, -0.1) is 11.3 Å². The number of nitrogens with one attached hydrogen (secondary N) is 1. The molecule has 4 nitrogen and oxygen atoms in total. The quantitative estimate of drug-likeness (QED) is 0.494. The van der Waals surface area contributed by atoms with Crippen LogP contribution in [-0.2, 0) is 11.2 Å². The molecule has 0 unspecified atom stereocenters. The molecule has 1 N–H and O–H groups in total. The van der Waals surface area contributed by atoms with E-state index in [9.17, 15) is 4.79 Å². The predicted octanol–water partition coefficient (Wildman–Crippen LogP) is 5.46. The maximum Gasteiger partial charge on any atom is 0.230 e. The Morgan fingerprint density at radius 2 is 1.93 bits per heavy atom. The van der Waals surface area contributed by atoms with Gasteiger partial charge in [0.2, 0.25) is 5.91 Å². The fraction of sp³-hybridized carbons (Fsp3) is 0.130. The van der Waals surface area contributed by atoms with Crippen LogP contribution in [0.1, 0.15) is 11.1 Å². The number of ether oxygens (including phenoxy) is 1. The molecule has 3 aromatic carbocycles. The van der Waals surface area contributed by atoms with E-state index in [-0.39, 0.29) is 5.91 Å². The fourth-order valence-electron chi connectivity index (χ4n) is 3.30. The number of benzene rings is 3. The Balaban J connectivity index is 1.50. The highest BCUT2D eigenvalue weighted by atomic mass is 32.1. The first-order valence-electron chi connectivity index (χ1n) is 9.01. The van der Waals surface area contributed by atoms with Gasteiger partial charge >= 0.3 is 0 Å². The van der Waals surface area contributed by atoms with E-state index in [4.69, 9.17) is 4.74 Å². The number of hydrogen-bond acceptors (Lipinski definition) is 4. The maximum absolute atomic E-state index is 12.4. The molecular formula is C23H20N2O2S. The van der Waals surface area contributed by atoms with E-state index in [1.54, 1.807) is 7.11 Å². The molecule has 4 rings (SSSR count). The number of fused-ring (bicyclic) bond motifs is 1. The lowest BCUT2D eigenvalue weighted by atomic mass is 10.0. The van der Waals surface area contributed by atoms with Crippen molar-refractivity contribution >= 4 is 33.1 Å². The van der Waals surface area contributed by atoms with E-state index < -0.39 is 0 Å². The lowest BCUT2D eigenvalue weighted by Crippen LogP contribution is -2.14. The third kappa shape index (κ3) is 3.75. The van der Waals surface area contributed by atoms with Gasteiger partial charge in [-0.2, -0.15) is 0 Å². The average Bonchev–Trinajstić information content (AvgIpc) is 3.15. The van der Waals surface area contributed by atoms with Gasteiger partial charge in [-0.1, -0.05) is 54.6 Å². The molecule has 0 atom stereocenters. The first-order chi connectivity index (χ1) is 13.6. The number of carbonyl (C=O) groups is 1. The van der Waals surface area contributed by atoms with Crippen molar-refractivity contribution in [2.24, 2.45) is 0 Å². The Hall–Kier alpha value is -3.18. The second-order valence-electron chi connectivity index (χ2n) is 6.59. The van der Waals surface area contributed by atoms with Gasteiger partial charge in [0, 0.05) is 10.9 Å². The molecule has 0 fully saturated rings. The number of thiazole rings is 1. The second-order valence-corrected chi connectivity index (χ2v) is 7.45. The van der Waals surface area contributed by atoms with Crippen LogP contribution in [0.4, 0.5) is 5.13 Å². The van der Waals surface area contributed by atoms with Crippen molar-refractivity contribution in [1.82, 2.24) is 4.98 Å². The van der Waals surface area contributed by atoms with Gasteiger partial charge in [-0.25, -0.2) is 4.98 Å². The summed E-state index contributed by atoms with van der Waals surface area (Å²) in [5.74, 6) is 0.743. The maximum atomic E-state index is 12.4. The Labute approximate surface area is 167 Å². The highest BCUT2D eigenvalue weighted by Crippen LogP contribution is 2.31. The van der Waals surface area contributed by atoms with Crippen LogP contribution < -0.4 is 10.1 Å². The summed E-state index contributed by atoms with van der Waals surface area (Å²) in [6.45, 7) is 1.97. The highest BCUT2D eigenvalue weighted by Gasteiger charge is 2.11. The molecule has 0 saturated heterocycles. The van der Waals surface area contributed by atoms with Gasteiger partial charge in [-0.3, -0.25) is 4.79 Å². The van der Waals surface area contributed by atoms with Crippen LogP contribution in [-0.4, -0.2) is 18.0 Å². The van der Waals surface area contributed by atoms with Crippen molar-refractivity contribution in [3.05, 3.63) is 77.2 Å². The Bertz CT molecular complexity index is 1150. The molecule has 1 heterocycles. The molecule has 0 aliphatic carbocycles. The summed E-state index contributed by atoms with van der Waals surface area (Å²) in [7, 11) is 1.64. The molecular weight excluding hydrogens is 368 g/mol. The zero-order valence-electron chi connectivity index (χ0n) is 15.7. The van der Waals surface area contributed by atoms with Crippen molar-refractivity contribution < 1.29 is 9.53 Å². The molecule has 1 amide bonds. The van der Waals surface area contributed by atoms with Gasteiger partial charge in [0.25, 0.3) is 0 Å². The van der Waals surface area contributed by atoms with Gasteiger partial charge in [0.05, 0.1) is 19.2 Å². The molecule has 28 heavy (non-hydrogen) atoms. The highest BCUT2D eigenvalue weighted by molar-refractivity contribution is 7.14. The number of nitrogens with zero attached hydrogens (tertiary/aromatic N) is 1. The zero-order valence-corrected chi connectivity index (χ0v) is 16.5. The topological polar surface area (TPSA) is 51.2 Å². The van der Waals surface area contributed by atoms with Crippen LogP contribution in [0.15, 0.2) is 66.0 Å². The normalized spacial score (nSPS) is 10.8. The molecule has 0 aliphatic rings. The van der Waals surface area contributed by atoms with E-state index in [0.29, 0.717) is 11.6 Å². The first-order valence-corrected chi connectivity index (χ1v) is 9.89. The van der Waals surface area contributed by atoms with E-state index >= 15 is 0 Å². The van der Waals surface area contributed by atoms with E-state index in [1.807, 2.05) is 48.7 Å². The summed E-state index contributed by atoms with van der Waals surface area (Å²) in [5, 5.41) is 7.83. The summed E-state index contributed by atoms with van der Waals surface area (Å²) in [6, 6.07) is 20.2. The smallest absolute Gasteiger partial charge is 0.230 e. The van der Waals surface area contributed by atoms with Crippen LogP contribution in [0.2, 0.25) is 0 Å². The standard InChI is InChI=1S/C23H20N2O2S/c1-15-12-16(10-11-21(15)27-2)13-22(26)25-23-24-20(14-28-23)19-9-5-7-17-6-3-4-8-18(17)19/h3-12,14H,13H2,1-2H3,(H,24,25,26). The van der Waals surface area contributed by atoms with E-state index in [2.05, 4.69) is 34.6 Å². The minimum absolute atomic E-state index is 0.0802. The molecule has 0 aliphatic heterocycles.